The Bertz CT molecular complexity index is 384. The van der Waals surface area contributed by atoms with Crippen molar-refractivity contribution < 1.29 is 5.11 Å². The van der Waals surface area contributed by atoms with Gasteiger partial charge in [0.15, 0.2) is 0 Å². The highest BCUT2D eigenvalue weighted by molar-refractivity contribution is 5.56. The highest BCUT2D eigenvalue weighted by Crippen LogP contribution is 2.36. The third-order valence-electron chi connectivity index (χ3n) is 3.54. The molecule has 1 aromatic carbocycles. The van der Waals surface area contributed by atoms with E-state index in [1.165, 1.54) is 18.5 Å². The number of hydrogen-bond donors (Lipinski definition) is 1. The zero-order valence-corrected chi connectivity index (χ0v) is 11.8. The molecule has 0 radical (unpaired) electrons. The number of para-hydroxylation sites is 1. The van der Waals surface area contributed by atoms with Crippen LogP contribution >= 0.6 is 0 Å². The normalized spacial score (nSPS) is 16.9. The quantitative estimate of drug-likeness (QED) is 0.827. The molecule has 1 atom stereocenters. The summed E-state index contributed by atoms with van der Waals surface area (Å²) in [6.45, 7) is 7.63. The third kappa shape index (κ3) is 3.05. The van der Waals surface area contributed by atoms with E-state index in [2.05, 4.69) is 36.9 Å². The average Bonchev–Trinajstić information content (AvgIpc) is 3.19. The van der Waals surface area contributed by atoms with Gasteiger partial charge in [-0.2, -0.15) is 0 Å². The first-order chi connectivity index (χ1) is 8.63. The second kappa shape index (κ2) is 5.75. The van der Waals surface area contributed by atoms with E-state index in [0.29, 0.717) is 12.0 Å². The van der Waals surface area contributed by atoms with Crippen LogP contribution in [0.3, 0.4) is 0 Å². The van der Waals surface area contributed by atoms with Gasteiger partial charge in [-0.1, -0.05) is 39.0 Å². The molecular weight excluding hydrogens is 222 g/mol. The summed E-state index contributed by atoms with van der Waals surface area (Å²) in [5.74, 6) is 0.650. The first-order valence-electron chi connectivity index (χ1n) is 7.17. The molecule has 2 nitrogen and oxygen atoms in total. The molecule has 0 aromatic heterocycles. The minimum Gasteiger partial charge on any atom is -0.388 e. The molecule has 2 heteroatoms. The molecule has 0 amide bonds. The monoisotopic (exact) mass is 247 g/mol. The van der Waals surface area contributed by atoms with Crippen molar-refractivity contribution in [2.24, 2.45) is 5.92 Å². The highest BCUT2D eigenvalue weighted by atomic mass is 16.3. The van der Waals surface area contributed by atoms with Crippen LogP contribution in [0.5, 0.6) is 0 Å². The minimum atomic E-state index is -0.338. The molecular formula is C16H25NO. The summed E-state index contributed by atoms with van der Waals surface area (Å²) in [6, 6.07) is 9.03. The van der Waals surface area contributed by atoms with Gasteiger partial charge < -0.3 is 10.0 Å². The van der Waals surface area contributed by atoms with E-state index in [0.717, 1.165) is 18.5 Å². The lowest BCUT2D eigenvalue weighted by Gasteiger charge is -2.30. The van der Waals surface area contributed by atoms with Gasteiger partial charge >= 0.3 is 0 Å². The lowest BCUT2D eigenvalue weighted by Crippen LogP contribution is -2.31. The van der Waals surface area contributed by atoms with Crippen LogP contribution in [0, 0.1) is 5.92 Å². The second-order valence-corrected chi connectivity index (χ2v) is 5.76. The van der Waals surface area contributed by atoms with E-state index in [4.69, 9.17) is 0 Å². The topological polar surface area (TPSA) is 23.5 Å². The molecule has 1 unspecified atom stereocenters. The Morgan fingerprint density at radius 1 is 1.28 bits per heavy atom. The van der Waals surface area contributed by atoms with Gasteiger partial charge in [0, 0.05) is 23.8 Å². The molecule has 100 valence electrons. The fourth-order valence-electron chi connectivity index (χ4n) is 2.47. The molecule has 1 aliphatic rings. The van der Waals surface area contributed by atoms with Crippen LogP contribution in [0.25, 0.3) is 0 Å². The summed E-state index contributed by atoms with van der Waals surface area (Å²) in [7, 11) is 0. The minimum absolute atomic E-state index is 0.338. The molecule has 1 aliphatic carbocycles. The smallest absolute Gasteiger partial charge is 0.0807 e. The fourth-order valence-corrected chi connectivity index (χ4v) is 2.47. The van der Waals surface area contributed by atoms with Crippen LogP contribution in [-0.4, -0.2) is 17.7 Å². The van der Waals surface area contributed by atoms with Gasteiger partial charge in [-0.05, 0) is 31.2 Å². The predicted molar refractivity (Wildman–Crippen MR) is 76.9 cm³/mol. The summed E-state index contributed by atoms with van der Waals surface area (Å²) in [6.07, 6.45) is 3.03. The van der Waals surface area contributed by atoms with Gasteiger partial charge in [-0.25, -0.2) is 0 Å². The molecule has 2 rings (SSSR count). The van der Waals surface area contributed by atoms with Crippen LogP contribution in [0.2, 0.25) is 0 Å². The van der Waals surface area contributed by atoms with Crippen molar-refractivity contribution in [3.8, 4) is 0 Å². The van der Waals surface area contributed by atoms with Crippen LogP contribution in [0.15, 0.2) is 24.3 Å². The zero-order valence-electron chi connectivity index (χ0n) is 11.8. The standard InChI is InChI=1S/C16H25NO/c1-4-16(18)14-7-5-6-8-15(14)17(11-12(2)3)13-9-10-13/h5-8,12-13,16,18H,4,9-11H2,1-3H3. The lowest BCUT2D eigenvalue weighted by molar-refractivity contribution is 0.174. The summed E-state index contributed by atoms with van der Waals surface area (Å²) in [4.78, 5) is 2.50. The Kier molecular flexibility index (Phi) is 4.28. The maximum absolute atomic E-state index is 10.2. The van der Waals surface area contributed by atoms with Crippen molar-refractivity contribution >= 4 is 5.69 Å². The maximum Gasteiger partial charge on any atom is 0.0807 e. The van der Waals surface area contributed by atoms with Crippen molar-refractivity contribution in [2.75, 3.05) is 11.4 Å². The first-order valence-corrected chi connectivity index (χ1v) is 7.17. The number of aliphatic hydroxyl groups is 1. The lowest BCUT2D eigenvalue weighted by atomic mass is 10.0. The van der Waals surface area contributed by atoms with Gasteiger partial charge in [0.05, 0.1) is 6.10 Å². The molecule has 0 saturated heterocycles. The summed E-state index contributed by atoms with van der Waals surface area (Å²) >= 11 is 0. The molecule has 0 aliphatic heterocycles. The number of benzene rings is 1. The van der Waals surface area contributed by atoms with Gasteiger partial charge in [0.2, 0.25) is 0 Å². The van der Waals surface area contributed by atoms with E-state index >= 15 is 0 Å². The number of aliphatic hydroxyl groups excluding tert-OH is 1. The molecule has 1 saturated carbocycles. The molecule has 0 bridgehead atoms. The molecule has 0 heterocycles. The second-order valence-electron chi connectivity index (χ2n) is 5.76. The summed E-state index contributed by atoms with van der Waals surface area (Å²) in [5.41, 5.74) is 2.33. The van der Waals surface area contributed by atoms with E-state index in [1.54, 1.807) is 0 Å². The van der Waals surface area contributed by atoms with Crippen LogP contribution in [0.4, 0.5) is 5.69 Å². The Labute approximate surface area is 111 Å². The van der Waals surface area contributed by atoms with E-state index in [-0.39, 0.29) is 6.10 Å². The van der Waals surface area contributed by atoms with Crippen molar-refractivity contribution in [1.82, 2.24) is 0 Å². The van der Waals surface area contributed by atoms with Crippen LogP contribution < -0.4 is 4.90 Å². The SMILES string of the molecule is CCC(O)c1ccccc1N(CC(C)C)C1CC1. The number of hydrogen-bond acceptors (Lipinski definition) is 2. The van der Waals surface area contributed by atoms with Crippen molar-refractivity contribution in [3.63, 3.8) is 0 Å². The molecule has 1 fully saturated rings. The first kappa shape index (κ1) is 13.4. The molecule has 18 heavy (non-hydrogen) atoms. The van der Waals surface area contributed by atoms with Crippen molar-refractivity contribution in [1.29, 1.82) is 0 Å². The molecule has 0 spiro atoms. The van der Waals surface area contributed by atoms with Crippen LogP contribution in [0.1, 0.15) is 51.7 Å². The third-order valence-corrected chi connectivity index (χ3v) is 3.54. The largest absolute Gasteiger partial charge is 0.388 e. The van der Waals surface area contributed by atoms with Gasteiger partial charge in [0.25, 0.3) is 0 Å². The Hall–Kier alpha value is -1.02. The average molecular weight is 247 g/mol. The van der Waals surface area contributed by atoms with Gasteiger partial charge in [-0.3, -0.25) is 0 Å². The zero-order chi connectivity index (χ0) is 13.1. The Balaban J connectivity index is 2.28. The summed E-state index contributed by atoms with van der Waals surface area (Å²) < 4.78 is 0. The van der Waals surface area contributed by atoms with Crippen LogP contribution in [-0.2, 0) is 0 Å². The van der Waals surface area contributed by atoms with E-state index in [9.17, 15) is 5.11 Å². The predicted octanol–water partition coefficient (Wildman–Crippen LogP) is 3.75. The molecule has 1 N–H and O–H groups in total. The van der Waals surface area contributed by atoms with Gasteiger partial charge in [0.1, 0.15) is 0 Å². The number of rotatable bonds is 6. The maximum atomic E-state index is 10.2. The van der Waals surface area contributed by atoms with E-state index in [1.807, 2.05) is 13.0 Å². The number of nitrogens with zero attached hydrogens (tertiary/aromatic N) is 1. The van der Waals surface area contributed by atoms with Crippen molar-refractivity contribution in [3.05, 3.63) is 29.8 Å². The van der Waals surface area contributed by atoms with E-state index < -0.39 is 0 Å². The highest BCUT2D eigenvalue weighted by Gasteiger charge is 2.31. The van der Waals surface area contributed by atoms with Gasteiger partial charge in [-0.15, -0.1) is 0 Å². The molecule has 1 aromatic rings. The number of anilines is 1. The summed E-state index contributed by atoms with van der Waals surface area (Å²) in [5, 5.41) is 10.2. The Morgan fingerprint density at radius 2 is 1.94 bits per heavy atom. The Morgan fingerprint density at radius 3 is 2.50 bits per heavy atom. The van der Waals surface area contributed by atoms with Crippen molar-refractivity contribution in [2.45, 2.75) is 52.2 Å². The fraction of sp³-hybridized carbons (Fsp3) is 0.625.